The topological polar surface area (TPSA) is 41.5 Å². The summed E-state index contributed by atoms with van der Waals surface area (Å²) >= 11 is 5.85. The van der Waals surface area contributed by atoms with Crippen LogP contribution in [-0.2, 0) is 0 Å². The molecule has 2 rings (SSSR count). The minimum absolute atomic E-state index is 0.234. The molecule has 1 heterocycles. The van der Waals surface area contributed by atoms with Gasteiger partial charge < -0.3 is 15.2 Å². The van der Waals surface area contributed by atoms with Crippen LogP contribution >= 0.6 is 11.6 Å². The fraction of sp³-hybridized carbons (Fsp3) is 0.538. The van der Waals surface area contributed by atoms with Crippen LogP contribution in [0.25, 0.3) is 0 Å². The molecular formula is C13H18ClNO2. The standard InChI is InChI=1S/C13H18ClNO2/c14-10-3-1-4-11(9-10)17-8-6-13(16)12-5-2-7-15-12/h1,3-4,9,12-13,15-16H,2,5-8H2. The SMILES string of the molecule is OC(CCOc1cccc(Cl)c1)C1CCCN1. The van der Waals surface area contributed by atoms with Crippen LogP contribution in [0, 0.1) is 0 Å². The van der Waals surface area contributed by atoms with E-state index in [1.54, 1.807) is 6.07 Å². The van der Waals surface area contributed by atoms with E-state index < -0.39 is 0 Å². The normalized spacial score (nSPS) is 21.4. The predicted molar refractivity (Wildman–Crippen MR) is 68.6 cm³/mol. The van der Waals surface area contributed by atoms with Crippen molar-refractivity contribution < 1.29 is 9.84 Å². The van der Waals surface area contributed by atoms with Crippen LogP contribution in [0.2, 0.25) is 5.02 Å². The first kappa shape index (κ1) is 12.7. The Kier molecular flexibility index (Phi) is 4.66. The van der Waals surface area contributed by atoms with Crippen LogP contribution in [0.1, 0.15) is 19.3 Å². The highest BCUT2D eigenvalue weighted by molar-refractivity contribution is 6.30. The highest BCUT2D eigenvalue weighted by Crippen LogP contribution is 2.18. The molecule has 0 amide bonds. The van der Waals surface area contributed by atoms with Gasteiger partial charge in [0.1, 0.15) is 5.75 Å². The fourth-order valence-corrected chi connectivity index (χ4v) is 2.28. The van der Waals surface area contributed by atoms with Crippen LogP contribution < -0.4 is 10.1 Å². The Hall–Kier alpha value is -0.770. The second-order valence-corrected chi connectivity index (χ2v) is 4.80. The lowest BCUT2D eigenvalue weighted by Gasteiger charge is -2.18. The lowest BCUT2D eigenvalue weighted by Crippen LogP contribution is -2.35. The van der Waals surface area contributed by atoms with E-state index in [1.807, 2.05) is 18.2 Å². The summed E-state index contributed by atoms with van der Waals surface area (Å²) in [6, 6.07) is 7.55. The zero-order valence-corrected chi connectivity index (χ0v) is 10.5. The third-order valence-corrected chi connectivity index (χ3v) is 3.28. The summed E-state index contributed by atoms with van der Waals surface area (Å²) in [6.45, 7) is 1.52. The number of halogens is 1. The highest BCUT2D eigenvalue weighted by atomic mass is 35.5. The summed E-state index contributed by atoms with van der Waals surface area (Å²) in [7, 11) is 0. The first-order chi connectivity index (χ1) is 8.25. The maximum atomic E-state index is 9.91. The number of ether oxygens (including phenoxy) is 1. The highest BCUT2D eigenvalue weighted by Gasteiger charge is 2.22. The van der Waals surface area contributed by atoms with Gasteiger partial charge >= 0.3 is 0 Å². The van der Waals surface area contributed by atoms with Crippen molar-refractivity contribution in [1.82, 2.24) is 5.32 Å². The number of benzene rings is 1. The first-order valence-corrected chi connectivity index (χ1v) is 6.43. The van der Waals surface area contributed by atoms with E-state index in [9.17, 15) is 5.11 Å². The van der Waals surface area contributed by atoms with Gasteiger partial charge in [-0.1, -0.05) is 17.7 Å². The molecule has 2 atom stereocenters. The number of nitrogens with one attached hydrogen (secondary N) is 1. The van der Waals surface area contributed by atoms with Crippen molar-refractivity contribution in [3.63, 3.8) is 0 Å². The molecule has 1 aliphatic rings. The summed E-state index contributed by atoms with van der Waals surface area (Å²) in [6.07, 6.45) is 2.52. The van der Waals surface area contributed by atoms with Crippen LogP contribution in [0.3, 0.4) is 0 Å². The van der Waals surface area contributed by atoms with E-state index in [-0.39, 0.29) is 12.1 Å². The van der Waals surface area contributed by atoms with E-state index in [2.05, 4.69) is 5.32 Å². The molecule has 0 bridgehead atoms. The molecule has 1 fully saturated rings. The first-order valence-electron chi connectivity index (χ1n) is 6.05. The van der Waals surface area contributed by atoms with E-state index in [1.165, 1.54) is 0 Å². The number of hydrogen-bond acceptors (Lipinski definition) is 3. The molecule has 17 heavy (non-hydrogen) atoms. The van der Waals surface area contributed by atoms with E-state index in [4.69, 9.17) is 16.3 Å². The Morgan fingerprint density at radius 2 is 2.41 bits per heavy atom. The zero-order chi connectivity index (χ0) is 12.1. The average molecular weight is 256 g/mol. The zero-order valence-electron chi connectivity index (χ0n) is 9.73. The maximum absolute atomic E-state index is 9.91. The van der Waals surface area contributed by atoms with E-state index >= 15 is 0 Å². The van der Waals surface area contributed by atoms with Gasteiger partial charge in [0, 0.05) is 17.5 Å². The number of rotatable bonds is 5. The maximum Gasteiger partial charge on any atom is 0.120 e. The van der Waals surface area contributed by atoms with Gasteiger partial charge in [-0.05, 0) is 37.6 Å². The molecule has 0 radical (unpaired) electrons. The molecule has 0 spiro atoms. The molecule has 4 heteroatoms. The van der Waals surface area contributed by atoms with Crippen molar-refractivity contribution in [3.8, 4) is 5.75 Å². The van der Waals surface area contributed by atoms with Gasteiger partial charge in [-0.15, -0.1) is 0 Å². The van der Waals surface area contributed by atoms with Crippen LogP contribution in [-0.4, -0.2) is 30.4 Å². The van der Waals surface area contributed by atoms with E-state index in [0.717, 1.165) is 25.1 Å². The Bertz CT molecular complexity index is 353. The van der Waals surface area contributed by atoms with Crippen molar-refractivity contribution in [1.29, 1.82) is 0 Å². The molecule has 94 valence electrons. The summed E-state index contributed by atoms with van der Waals surface area (Å²) in [5.41, 5.74) is 0. The van der Waals surface area contributed by atoms with Gasteiger partial charge in [-0.2, -0.15) is 0 Å². The molecule has 2 N–H and O–H groups in total. The van der Waals surface area contributed by atoms with Gasteiger partial charge in [-0.25, -0.2) is 0 Å². The van der Waals surface area contributed by atoms with Gasteiger partial charge in [-0.3, -0.25) is 0 Å². The molecule has 1 aromatic carbocycles. The van der Waals surface area contributed by atoms with Crippen molar-refractivity contribution in [2.45, 2.75) is 31.4 Å². The molecule has 0 saturated carbocycles. The van der Waals surface area contributed by atoms with Crippen molar-refractivity contribution in [2.75, 3.05) is 13.2 Å². The lowest BCUT2D eigenvalue weighted by molar-refractivity contribution is 0.107. The van der Waals surface area contributed by atoms with Crippen LogP contribution in [0.15, 0.2) is 24.3 Å². The lowest BCUT2D eigenvalue weighted by atomic mass is 10.1. The van der Waals surface area contributed by atoms with Crippen LogP contribution in [0.5, 0.6) is 5.75 Å². The molecule has 1 aromatic rings. The predicted octanol–water partition coefficient (Wildman–Crippen LogP) is 2.22. The smallest absolute Gasteiger partial charge is 0.120 e. The van der Waals surface area contributed by atoms with Gasteiger partial charge in [0.05, 0.1) is 12.7 Å². The minimum Gasteiger partial charge on any atom is -0.493 e. The molecule has 3 nitrogen and oxygen atoms in total. The van der Waals surface area contributed by atoms with E-state index in [0.29, 0.717) is 18.1 Å². The fourth-order valence-electron chi connectivity index (χ4n) is 2.10. The van der Waals surface area contributed by atoms with Gasteiger partial charge in [0.2, 0.25) is 0 Å². The molecule has 1 saturated heterocycles. The Morgan fingerprint density at radius 3 is 3.12 bits per heavy atom. The summed E-state index contributed by atoms with van der Waals surface area (Å²) < 4.78 is 5.54. The summed E-state index contributed by atoms with van der Waals surface area (Å²) in [4.78, 5) is 0. The summed E-state index contributed by atoms with van der Waals surface area (Å²) in [5.74, 6) is 0.754. The van der Waals surface area contributed by atoms with Crippen molar-refractivity contribution >= 4 is 11.6 Å². The molecule has 1 aliphatic heterocycles. The van der Waals surface area contributed by atoms with Crippen molar-refractivity contribution in [2.24, 2.45) is 0 Å². The van der Waals surface area contributed by atoms with Crippen LogP contribution in [0.4, 0.5) is 0 Å². The van der Waals surface area contributed by atoms with Crippen molar-refractivity contribution in [3.05, 3.63) is 29.3 Å². The summed E-state index contributed by atoms with van der Waals surface area (Å²) in [5, 5.41) is 13.9. The molecule has 0 aromatic heterocycles. The Balaban J connectivity index is 1.71. The average Bonchev–Trinajstić information content (AvgIpc) is 2.82. The monoisotopic (exact) mass is 255 g/mol. The third-order valence-electron chi connectivity index (χ3n) is 3.04. The Labute approximate surface area is 107 Å². The molecule has 2 unspecified atom stereocenters. The second kappa shape index (κ2) is 6.24. The number of aliphatic hydroxyl groups is 1. The Morgan fingerprint density at radius 1 is 1.53 bits per heavy atom. The molecule has 0 aliphatic carbocycles. The quantitative estimate of drug-likeness (QED) is 0.848. The second-order valence-electron chi connectivity index (χ2n) is 4.36. The third kappa shape index (κ3) is 3.87. The number of aliphatic hydroxyl groups excluding tert-OH is 1. The van der Waals surface area contributed by atoms with Gasteiger partial charge in [0.25, 0.3) is 0 Å². The van der Waals surface area contributed by atoms with Gasteiger partial charge in [0.15, 0.2) is 0 Å². The number of hydrogen-bond donors (Lipinski definition) is 2. The largest absolute Gasteiger partial charge is 0.493 e. The minimum atomic E-state index is -0.323. The molecular weight excluding hydrogens is 238 g/mol.